The van der Waals surface area contributed by atoms with Gasteiger partial charge in [0.25, 0.3) is 0 Å². The SMILES string of the molecule is CC1(C)[C@@H](CC(=O)N2CCc3c(n(Cc4cccc(Cl)c4)c4ncccc34)C2)CC[C@@]1(C)C(=O)O. The molecule has 2 aromatic heterocycles. The molecular weight excluding hydrogens is 462 g/mol. The molecule has 1 amide bonds. The zero-order chi connectivity index (χ0) is 25.0. The standard InChI is InChI=1S/C28H32ClN3O3/c1-27(2)19(9-11-28(27,3)26(34)35)15-24(33)31-13-10-21-22-8-5-12-30-25(22)32(23(21)17-31)16-18-6-4-7-20(29)14-18/h4-8,12,14,19H,9-11,13,15-17H2,1-3H3,(H,34,35)/t19-,28+/m1/s1. The Hall–Kier alpha value is -2.86. The molecule has 1 aliphatic heterocycles. The number of hydrogen-bond donors (Lipinski definition) is 1. The largest absolute Gasteiger partial charge is 0.481 e. The lowest BCUT2D eigenvalue weighted by Gasteiger charge is -2.39. The molecule has 3 aromatic rings. The molecule has 0 saturated heterocycles. The van der Waals surface area contributed by atoms with Crippen molar-refractivity contribution < 1.29 is 14.7 Å². The van der Waals surface area contributed by atoms with Gasteiger partial charge in [0, 0.05) is 41.8 Å². The van der Waals surface area contributed by atoms with Crippen LogP contribution in [0.4, 0.5) is 0 Å². The molecule has 1 fully saturated rings. The van der Waals surface area contributed by atoms with E-state index in [4.69, 9.17) is 11.6 Å². The Morgan fingerprint density at radius 1 is 1.20 bits per heavy atom. The predicted molar refractivity (Wildman–Crippen MR) is 136 cm³/mol. The summed E-state index contributed by atoms with van der Waals surface area (Å²) in [6.07, 6.45) is 4.36. The van der Waals surface area contributed by atoms with Gasteiger partial charge in [-0.1, -0.05) is 37.6 Å². The molecule has 0 spiro atoms. The molecule has 184 valence electrons. The third kappa shape index (κ3) is 3.92. The van der Waals surface area contributed by atoms with E-state index in [1.807, 2.05) is 56.1 Å². The first-order valence-electron chi connectivity index (χ1n) is 12.3. The van der Waals surface area contributed by atoms with Crippen LogP contribution < -0.4 is 0 Å². The molecule has 0 radical (unpaired) electrons. The number of amides is 1. The second kappa shape index (κ2) is 8.66. The number of benzene rings is 1. The number of aliphatic carboxylic acids is 1. The molecule has 0 bridgehead atoms. The van der Waals surface area contributed by atoms with Crippen LogP contribution in [0.25, 0.3) is 11.0 Å². The fraction of sp³-hybridized carbons (Fsp3) is 0.464. The first-order valence-corrected chi connectivity index (χ1v) is 12.7. The molecule has 3 heterocycles. The Morgan fingerprint density at radius 2 is 2.00 bits per heavy atom. The van der Waals surface area contributed by atoms with Crippen molar-refractivity contribution in [2.75, 3.05) is 6.54 Å². The van der Waals surface area contributed by atoms with Gasteiger partial charge in [-0.25, -0.2) is 4.98 Å². The summed E-state index contributed by atoms with van der Waals surface area (Å²) in [6.45, 7) is 7.69. The summed E-state index contributed by atoms with van der Waals surface area (Å²) in [5, 5.41) is 11.7. The van der Waals surface area contributed by atoms with E-state index in [-0.39, 0.29) is 11.8 Å². The fourth-order valence-corrected chi connectivity index (χ4v) is 6.35. The number of nitrogens with zero attached hydrogens (tertiary/aromatic N) is 3. The van der Waals surface area contributed by atoms with E-state index in [2.05, 4.69) is 21.7 Å². The van der Waals surface area contributed by atoms with Gasteiger partial charge in [0.1, 0.15) is 5.65 Å². The summed E-state index contributed by atoms with van der Waals surface area (Å²) < 4.78 is 2.22. The highest BCUT2D eigenvalue weighted by Crippen LogP contribution is 2.57. The average molecular weight is 494 g/mol. The second-order valence-corrected chi connectivity index (χ2v) is 11.3. The van der Waals surface area contributed by atoms with Gasteiger partial charge < -0.3 is 14.6 Å². The fourth-order valence-electron chi connectivity index (χ4n) is 6.14. The zero-order valence-electron chi connectivity index (χ0n) is 20.6. The van der Waals surface area contributed by atoms with Crippen molar-refractivity contribution in [3.05, 3.63) is 64.4 Å². The minimum Gasteiger partial charge on any atom is -0.481 e. The maximum absolute atomic E-state index is 13.5. The number of fused-ring (bicyclic) bond motifs is 3. The summed E-state index contributed by atoms with van der Waals surface area (Å²) in [5.74, 6) is -0.606. The van der Waals surface area contributed by atoms with Crippen molar-refractivity contribution in [2.45, 2.75) is 59.5 Å². The van der Waals surface area contributed by atoms with Gasteiger partial charge in [0.2, 0.25) is 5.91 Å². The number of carboxylic acid groups (broad SMARTS) is 1. The van der Waals surface area contributed by atoms with Crippen LogP contribution in [0.2, 0.25) is 5.02 Å². The molecular formula is C28H32ClN3O3. The van der Waals surface area contributed by atoms with Gasteiger partial charge in [-0.2, -0.15) is 0 Å². The molecule has 0 unspecified atom stereocenters. The number of pyridine rings is 1. The quantitative estimate of drug-likeness (QED) is 0.506. The first kappa shape index (κ1) is 23.9. The number of hydrogen-bond acceptors (Lipinski definition) is 3. The summed E-state index contributed by atoms with van der Waals surface area (Å²) in [7, 11) is 0. The molecule has 2 aliphatic rings. The molecule has 35 heavy (non-hydrogen) atoms. The lowest BCUT2D eigenvalue weighted by molar-refractivity contribution is -0.155. The normalized spacial score (nSPS) is 23.4. The van der Waals surface area contributed by atoms with E-state index in [0.29, 0.717) is 37.5 Å². The van der Waals surface area contributed by atoms with E-state index >= 15 is 0 Å². The second-order valence-electron chi connectivity index (χ2n) is 10.9. The molecule has 7 heteroatoms. The van der Waals surface area contributed by atoms with E-state index in [1.165, 1.54) is 5.56 Å². The van der Waals surface area contributed by atoms with Crippen LogP contribution in [0.15, 0.2) is 42.6 Å². The van der Waals surface area contributed by atoms with Crippen molar-refractivity contribution in [2.24, 2.45) is 16.7 Å². The van der Waals surface area contributed by atoms with Crippen LogP contribution in [0.1, 0.15) is 56.9 Å². The highest BCUT2D eigenvalue weighted by molar-refractivity contribution is 6.30. The van der Waals surface area contributed by atoms with Crippen molar-refractivity contribution in [1.82, 2.24) is 14.5 Å². The zero-order valence-corrected chi connectivity index (χ0v) is 21.3. The topological polar surface area (TPSA) is 75.4 Å². The van der Waals surface area contributed by atoms with Crippen LogP contribution >= 0.6 is 11.6 Å². The number of carboxylic acids is 1. The predicted octanol–water partition coefficient (Wildman–Crippen LogP) is 5.54. The van der Waals surface area contributed by atoms with Crippen molar-refractivity contribution in [1.29, 1.82) is 0 Å². The van der Waals surface area contributed by atoms with Gasteiger partial charge in [-0.3, -0.25) is 9.59 Å². The number of aromatic nitrogens is 2. The van der Waals surface area contributed by atoms with Gasteiger partial charge in [0.15, 0.2) is 0 Å². The monoisotopic (exact) mass is 493 g/mol. The number of rotatable bonds is 5. The van der Waals surface area contributed by atoms with E-state index < -0.39 is 16.8 Å². The maximum Gasteiger partial charge on any atom is 0.309 e. The highest BCUT2D eigenvalue weighted by atomic mass is 35.5. The highest BCUT2D eigenvalue weighted by Gasteiger charge is 2.56. The number of carbonyl (C=O) groups excluding carboxylic acids is 1. The summed E-state index contributed by atoms with van der Waals surface area (Å²) >= 11 is 6.24. The smallest absolute Gasteiger partial charge is 0.309 e. The Labute approximate surface area is 210 Å². The summed E-state index contributed by atoms with van der Waals surface area (Å²) in [6, 6.07) is 11.9. The van der Waals surface area contributed by atoms with E-state index in [9.17, 15) is 14.7 Å². The van der Waals surface area contributed by atoms with E-state index in [1.54, 1.807) is 0 Å². The van der Waals surface area contributed by atoms with Crippen LogP contribution in [0.3, 0.4) is 0 Å². The third-order valence-corrected chi connectivity index (χ3v) is 9.16. The van der Waals surface area contributed by atoms with Crippen LogP contribution in [0, 0.1) is 16.7 Å². The average Bonchev–Trinajstić information content (AvgIpc) is 3.26. The van der Waals surface area contributed by atoms with E-state index in [0.717, 1.165) is 35.1 Å². The van der Waals surface area contributed by atoms with Gasteiger partial charge in [-0.15, -0.1) is 0 Å². The molecule has 1 N–H and O–H groups in total. The molecule has 5 rings (SSSR count). The first-order chi connectivity index (χ1) is 16.6. The van der Waals surface area contributed by atoms with Crippen molar-refractivity contribution >= 4 is 34.5 Å². The lowest BCUT2D eigenvalue weighted by atomic mass is 9.65. The Morgan fingerprint density at radius 3 is 2.71 bits per heavy atom. The molecule has 1 aromatic carbocycles. The third-order valence-electron chi connectivity index (χ3n) is 8.92. The minimum atomic E-state index is -0.804. The number of carbonyl (C=O) groups is 2. The lowest BCUT2D eigenvalue weighted by Crippen LogP contribution is -2.43. The minimum absolute atomic E-state index is 0.0523. The molecule has 1 aliphatic carbocycles. The molecule has 1 saturated carbocycles. The van der Waals surface area contributed by atoms with Crippen molar-refractivity contribution in [3.8, 4) is 0 Å². The van der Waals surface area contributed by atoms with Crippen molar-refractivity contribution in [3.63, 3.8) is 0 Å². The Bertz CT molecular complexity index is 1310. The summed E-state index contributed by atoms with van der Waals surface area (Å²) in [4.78, 5) is 32.1. The summed E-state index contributed by atoms with van der Waals surface area (Å²) in [5.41, 5.74) is 3.16. The van der Waals surface area contributed by atoms with Gasteiger partial charge in [-0.05, 0) is 72.9 Å². The maximum atomic E-state index is 13.5. The molecule has 2 atom stereocenters. The van der Waals surface area contributed by atoms with Gasteiger partial charge >= 0.3 is 5.97 Å². The van der Waals surface area contributed by atoms with Crippen LogP contribution in [0.5, 0.6) is 0 Å². The number of halogens is 1. The molecule has 6 nitrogen and oxygen atoms in total. The Kier molecular flexibility index (Phi) is 5.91. The Balaban J connectivity index is 1.41. The van der Waals surface area contributed by atoms with Crippen LogP contribution in [-0.2, 0) is 29.1 Å². The van der Waals surface area contributed by atoms with Crippen LogP contribution in [-0.4, -0.2) is 38.0 Å². The van der Waals surface area contributed by atoms with Gasteiger partial charge in [0.05, 0.1) is 12.0 Å².